The minimum atomic E-state index is -3.19. The van der Waals surface area contributed by atoms with E-state index in [4.69, 9.17) is 10.2 Å². The summed E-state index contributed by atoms with van der Waals surface area (Å²) in [5.74, 6) is -1.99. The van der Waals surface area contributed by atoms with Crippen molar-refractivity contribution in [2.75, 3.05) is 11.5 Å². The lowest BCUT2D eigenvalue weighted by Gasteiger charge is -2.02. The fourth-order valence-corrected chi connectivity index (χ4v) is 2.75. The molecule has 6 nitrogen and oxygen atoms in total. The van der Waals surface area contributed by atoms with Crippen LogP contribution in [0, 0.1) is 0 Å². The first-order valence-electron chi connectivity index (χ1n) is 5.47. The minimum absolute atomic E-state index is 0.00619. The number of rotatable bonds is 10. The summed E-state index contributed by atoms with van der Waals surface area (Å²) in [7, 11) is -3.19. The average Bonchev–Trinajstić information content (AvgIpc) is 2.15. The maximum atomic E-state index is 11.4. The van der Waals surface area contributed by atoms with Crippen molar-refractivity contribution in [3.8, 4) is 0 Å². The zero-order chi connectivity index (χ0) is 13.3. The number of carboxylic acid groups (broad SMARTS) is 2. The van der Waals surface area contributed by atoms with E-state index in [1.54, 1.807) is 0 Å². The Labute approximate surface area is 101 Å². The van der Waals surface area contributed by atoms with Gasteiger partial charge >= 0.3 is 11.9 Å². The Morgan fingerprint density at radius 1 is 0.765 bits per heavy atom. The Bertz CT molecular complexity index is 346. The van der Waals surface area contributed by atoms with Crippen LogP contribution in [0.4, 0.5) is 0 Å². The van der Waals surface area contributed by atoms with Crippen molar-refractivity contribution < 1.29 is 28.2 Å². The van der Waals surface area contributed by atoms with E-state index in [-0.39, 0.29) is 30.8 Å². The summed E-state index contributed by atoms with van der Waals surface area (Å²) in [6.45, 7) is 0. The lowest BCUT2D eigenvalue weighted by atomic mass is 10.2. The number of aliphatic carboxylic acids is 2. The zero-order valence-electron chi connectivity index (χ0n) is 9.59. The van der Waals surface area contributed by atoms with Gasteiger partial charge in [-0.25, -0.2) is 8.42 Å². The van der Waals surface area contributed by atoms with Gasteiger partial charge in [-0.3, -0.25) is 9.59 Å². The van der Waals surface area contributed by atoms with Crippen LogP contribution in [0.2, 0.25) is 0 Å². The number of hydrogen-bond donors (Lipinski definition) is 2. The van der Waals surface area contributed by atoms with Crippen molar-refractivity contribution in [3.63, 3.8) is 0 Å². The maximum absolute atomic E-state index is 11.4. The number of carbonyl (C=O) groups is 2. The third-order valence-electron chi connectivity index (χ3n) is 2.19. The van der Waals surface area contributed by atoms with Crippen LogP contribution >= 0.6 is 0 Å². The second-order valence-corrected chi connectivity index (χ2v) is 6.16. The largest absolute Gasteiger partial charge is 0.481 e. The molecule has 0 bridgehead atoms. The Kier molecular flexibility index (Phi) is 7.53. The first kappa shape index (κ1) is 15.9. The van der Waals surface area contributed by atoms with Crippen LogP contribution in [0.3, 0.4) is 0 Å². The molecule has 0 saturated heterocycles. The molecular formula is C10H18O6S. The molecule has 0 amide bonds. The van der Waals surface area contributed by atoms with Crippen molar-refractivity contribution in [1.82, 2.24) is 0 Å². The molecule has 0 unspecified atom stereocenters. The van der Waals surface area contributed by atoms with E-state index in [1.165, 1.54) is 0 Å². The van der Waals surface area contributed by atoms with Gasteiger partial charge in [0.1, 0.15) is 9.84 Å². The third kappa shape index (κ3) is 11.2. The van der Waals surface area contributed by atoms with Crippen LogP contribution in [0.15, 0.2) is 0 Å². The highest BCUT2D eigenvalue weighted by Gasteiger charge is 2.11. The lowest BCUT2D eigenvalue weighted by molar-refractivity contribution is -0.138. The van der Waals surface area contributed by atoms with Crippen LogP contribution < -0.4 is 0 Å². The van der Waals surface area contributed by atoms with Gasteiger partial charge in [0.2, 0.25) is 0 Å². The first-order chi connectivity index (χ1) is 7.83. The van der Waals surface area contributed by atoms with E-state index in [0.717, 1.165) is 0 Å². The van der Waals surface area contributed by atoms with Crippen molar-refractivity contribution in [2.45, 2.75) is 38.5 Å². The summed E-state index contributed by atoms with van der Waals surface area (Å²) in [6, 6.07) is 0. The molecule has 0 radical (unpaired) electrons. The highest BCUT2D eigenvalue weighted by Crippen LogP contribution is 2.05. The van der Waals surface area contributed by atoms with Gasteiger partial charge in [-0.15, -0.1) is 0 Å². The molecule has 7 heteroatoms. The van der Waals surface area contributed by atoms with Crippen LogP contribution in [-0.2, 0) is 19.4 Å². The van der Waals surface area contributed by atoms with Gasteiger partial charge in [0.05, 0.1) is 11.5 Å². The van der Waals surface area contributed by atoms with E-state index < -0.39 is 21.8 Å². The molecule has 17 heavy (non-hydrogen) atoms. The standard InChI is InChI=1S/C10H18O6S/c11-9(12)5-2-1-3-7-17(15,16)8-4-6-10(13)14/h1-8H2,(H,11,12)(H,13,14). The summed E-state index contributed by atoms with van der Waals surface area (Å²) < 4.78 is 22.8. The van der Waals surface area contributed by atoms with Gasteiger partial charge < -0.3 is 10.2 Å². The molecule has 0 spiro atoms. The molecule has 0 aromatic carbocycles. The third-order valence-corrected chi connectivity index (χ3v) is 4.01. The van der Waals surface area contributed by atoms with Crippen molar-refractivity contribution >= 4 is 21.8 Å². The molecule has 0 aromatic heterocycles. The monoisotopic (exact) mass is 266 g/mol. The minimum Gasteiger partial charge on any atom is -0.481 e. The fraction of sp³-hybridized carbons (Fsp3) is 0.800. The smallest absolute Gasteiger partial charge is 0.303 e. The van der Waals surface area contributed by atoms with Gasteiger partial charge in [0.25, 0.3) is 0 Å². The molecule has 0 aliphatic rings. The van der Waals surface area contributed by atoms with Crippen molar-refractivity contribution in [3.05, 3.63) is 0 Å². The number of hydrogen-bond acceptors (Lipinski definition) is 4. The number of unbranched alkanes of at least 4 members (excludes halogenated alkanes) is 2. The van der Waals surface area contributed by atoms with Gasteiger partial charge in [-0.1, -0.05) is 6.42 Å². The molecule has 0 aromatic rings. The van der Waals surface area contributed by atoms with Crippen LogP contribution in [-0.4, -0.2) is 42.1 Å². The van der Waals surface area contributed by atoms with E-state index in [0.29, 0.717) is 19.3 Å². The second kappa shape index (κ2) is 8.05. The summed E-state index contributed by atoms with van der Waals surface area (Å²) in [4.78, 5) is 20.4. The van der Waals surface area contributed by atoms with Crippen LogP contribution in [0.5, 0.6) is 0 Å². The van der Waals surface area contributed by atoms with E-state index in [2.05, 4.69) is 0 Å². The molecule has 0 atom stereocenters. The van der Waals surface area contributed by atoms with Gasteiger partial charge in [0, 0.05) is 12.8 Å². The molecule has 0 fully saturated rings. The molecule has 100 valence electrons. The Morgan fingerprint density at radius 3 is 1.76 bits per heavy atom. The summed E-state index contributed by atoms with van der Waals surface area (Å²) in [5.41, 5.74) is 0. The number of sulfone groups is 1. The highest BCUT2D eigenvalue weighted by atomic mass is 32.2. The predicted octanol–water partition coefficient (Wildman–Crippen LogP) is 0.911. The number of carboxylic acids is 2. The molecule has 0 heterocycles. The van der Waals surface area contributed by atoms with E-state index >= 15 is 0 Å². The Hall–Kier alpha value is -1.11. The van der Waals surface area contributed by atoms with Gasteiger partial charge in [-0.2, -0.15) is 0 Å². The molecular weight excluding hydrogens is 248 g/mol. The molecule has 0 rings (SSSR count). The van der Waals surface area contributed by atoms with Gasteiger partial charge in [0.15, 0.2) is 0 Å². The Balaban J connectivity index is 3.64. The molecule has 0 saturated carbocycles. The van der Waals surface area contributed by atoms with E-state index in [9.17, 15) is 18.0 Å². The lowest BCUT2D eigenvalue weighted by Crippen LogP contribution is -2.12. The quantitative estimate of drug-likeness (QED) is 0.569. The average molecular weight is 266 g/mol. The zero-order valence-corrected chi connectivity index (χ0v) is 10.4. The highest BCUT2D eigenvalue weighted by molar-refractivity contribution is 7.91. The topological polar surface area (TPSA) is 109 Å². The van der Waals surface area contributed by atoms with Crippen LogP contribution in [0.1, 0.15) is 38.5 Å². The van der Waals surface area contributed by atoms with E-state index in [1.807, 2.05) is 0 Å². The maximum Gasteiger partial charge on any atom is 0.303 e. The van der Waals surface area contributed by atoms with Crippen LogP contribution in [0.25, 0.3) is 0 Å². The molecule has 2 N–H and O–H groups in total. The summed E-state index contributed by atoms with van der Waals surface area (Å²) in [5, 5.41) is 16.7. The predicted molar refractivity (Wildman–Crippen MR) is 61.6 cm³/mol. The SMILES string of the molecule is O=C(O)CCCCCS(=O)(=O)CCCC(=O)O. The Morgan fingerprint density at radius 2 is 1.24 bits per heavy atom. The molecule has 0 aliphatic heterocycles. The second-order valence-electron chi connectivity index (χ2n) is 3.85. The first-order valence-corrected chi connectivity index (χ1v) is 7.29. The van der Waals surface area contributed by atoms with Crippen molar-refractivity contribution in [1.29, 1.82) is 0 Å². The summed E-state index contributed by atoms with van der Waals surface area (Å²) in [6.07, 6.45) is 1.51. The summed E-state index contributed by atoms with van der Waals surface area (Å²) >= 11 is 0. The van der Waals surface area contributed by atoms with Crippen molar-refractivity contribution in [2.24, 2.45) is 0 Å². The van der Waals surface area contributed by atoms with Gasteiger partial charge in [-0.05, 0) is 19.3 Å². The molecule has 0 aliphatic carbocycles. The normalized spacial score (nSPS) is 11.3. The fourth-order valence-electron chi connectivity index (χ4n) is 1.32.